The summed E-state index contributed by atoms with van der Waals surface area (Å²) in [5.41, 5.74) is 4.17. The first kappa shape index (κ1) is 17.0. The number of nitriles is 1. The van der Waals surface area contributed by atoms with Crippen molar-refractivity contribution >= 4 is 23.3 Å². The Morgan fingerprint density at radius 3 is 2.36 bits per heavy atom. The van der Waals surface area contributed by atoms with Gasteiger partial charge in [-0.05, 0) is 30.4 Å². The smallest absolute Gasteiger partial charge is 0.189 e. The van der Waals surface area contributed by atoms with Crippen molar-refractivity contribution < 1.29 is 0 Å². The van der Waals surface area contributed by atoms with Crippen LogP contribution < -0.4 is 5.32 Å². The number of nitrogens with one attached hydrogen (secondary N) is 1. The fourth-order valence-corrected chi connectivity index (χ4v) is 2.86. The Hall–Kier alpha value is -2.84. The minimum Gasteiger partial charge on any atom is -0.339 e. The highest BCUT2D eigenvalue weighted by Gasteiger charge is 2.16. The van der Waals surface area contributed by atoms with Gasteiger partial charge in [-0.25, -0.2) is 9.97 Å². The quantitative estimate of drug-likeness (QED) is 0.518. The fourth-order valence-electron chi connectivity index (χ4n) is 2.49. The molecule has 0 saturated heterocycles. The first-order valence-electron chi connectivity index (χ1n) is 8.02. The van der Waals surface area contributed by atoms with Crippen molar-refractivity contribution in [1.29, 1.82) is 5.26 Å². The van der Waals surface area contributed by atoms with Crippen molar-refractivity contribution in [2.45, 2.75) is 18.5 Å². The minimum absolute atomic E-state index is 0.448. The first-order chi connectivity index (χ1) is 12.2. The predicted octanol–water partition coefficient (Wildman–Crippen LogP) is 5.04. The molecular weight excluding hydrogens is 328 g/mol. The van der Waals surface area contributed by atoms with Crippen LogP contribution in [-0.4, -0.2) is 16.2 Å². The summed E-state index contributed by atoms with van der Waals surface area (Å²) >= 11 is 1.46. The third kappa shape index (κ3) is 3.81. The summed E-state index contributed by atoms with van der Waals surface area (Å²) in [6.45, 7) is 2.12. The molecule has 0 unspecified atom stereocenters. The minimum atomic E-state index is 0.448. The van der Waals surface area contributed by atoms with Gasteiger partial charge in [0.05, 0.1) is 5.69 Å². The zero-order valence-corrected chi connectivity index (χ0v) is 15.0. The molecule has 5 heteroatoms. The fraction of sp³-hybridized carbons (Fsp3) is 0.150. The monoisotopic (exact) mass is 346 g/mol. The summed E-state index contributed by atoms with van der Waals surface area (Å²) in [7, 11) is 0. The van der Waals surface area contributed by atoms with Crippen LogP contribution in [0.5, 0.6) is 0 Å². The van der Waals surface area contributed by atoms with Crippen molar-refractivity contribution in [3.05, 3.63) is 65.7 Å². The number of aryl methyl sites for hydroxylation is 1. The van der Waals surface area contributed by atoms with Crippen LogP contribution in [0.2, 0.25) is 0 Å². The maximum atomic E-state index is 9.71. The standard InChI is InChI=1S/C20H18N4S/c1-3-14-9-11-16(12-10-14)22-19-17(13-21)18(23-20(24-19)25-2)15-7-5-4-6-8-15/h4-12H,3H2,1-2H3,(H,22,23,24). The predicted molar refractivity (Wildman–Crippen MR) is 103 cm³/mol. The van der Waals surface area contributed by atoms with E-state index in [1.807, 2.05) is 48.7 Å². The van der Waals surface area contributed by atoms with Gasteiger partial charge < -0.3 is 5.32 Å². The highest BCUT2D eigenvalue weighted by Crippen LogP contribution is 2.30. The topological polar surface area (TPSA) is 61.6 Å². The van der Waals surface area contributed by atoms with Crippen LogP contribution in [0.15, 0.2) is 59.8 Å². The van der Waals surface area contributed by atoms with E-state index in [2.05, 4.69) is 40.4 Å². The highest BCUT2D eigenvalue weighted by molar-refractivity contribution is 7.98. The SMILES string of the molecule is CCc1ccc(Nc2nc(SC)nc(-c3ccccc3)c2C#N)cc1. The average Bonchev–Trinajstić information content (AvgIpc) is 2.68. The Morgan fingerprint density at radius 1 is 1.04 bits per heavy atom. The van der Waals surface area contributed by atoms with E-state index >= 15 is 0 Å². The molecule has 124 valence electrons. The lowest BCUT2D eigenvalue weighted by Gasteiger charge is -2.12. The number of nitrogens with zero attached hydrogens (tertiary/aromatic N) is 3. The second-order valence-electron chi connectivity index (χ2n) is 5.44. The number of anilines is 2. The van der Waals surface area contributed by atoms with Gasteiger partial charge in [-0.3, -0.25) is 0 Å². The van der Waals surface area contributed by atoms with E-state index in [1.165, 1.54) is 17.3 Å². The molecule has 3 rings (SSSR count). The van der Waals surface area contributed by atoms with Crippen molar-refractivity contribution in [2.24, 2.45) is 0 Å². The Bertz CT molecular complexity index is 899. The van der Waals surface area contributed by atoms with Crippen LogP contribution in [0.25, 0.3) is 11.3 Å². The summed E-state index contributed by atoms with van der Waals surface area (Å²) in [4.78, 5) is 9.06. The lowest BCUT2D eigenvalue weighted by molar-refractivity contribution is 0.975. The molecule has 3 aromatic rings. The van der Waals surface area contributed by atoms with E-state index in [1.54, 1.807) is 0 Å². The number of thioether (sulfide) groups is 1. The van der Waals surface area contributed by atoms with Gasteiger partial charge in [-0.2, -0.15) is 5.26 Å². The van der Waals surface area contributed by atoms with Crippen LogP contribution in [0, 0.1) is 11.3 Å². The van der Waals surface area contributed by atoms with E-state index in [4.69, 9.17) is 0 Å². The summed E-state index contributed by atoms with van der Waals surface area (Å²) in [5.74, 6) is 0.532. The van der Waals surface area contributed by atoms with Gasteiger partial charge in [0, 0.05) is 11.3 Å². The third-order valence-electron chi connectivity index (χ3n) is 3.86. The number of aromatic nitrogens is 2. The Kier molecular flexibility index (Phi) is 5.32. The van der Waals surface area contributed by atoms with E-state index in [-0.39, 0.29) is 0 Å². The largest absolute Gasteiger partial charge is 0.339 e. The zero-order chi connectivity index (χ0) is 17.6. The Balaban J connectivity index is 2.07. The van der Waals surface area contributed by atoms with E-state index in [0.717, 1.165) is 17.7 Å². The molecule has 2 aromatic carbocycles. The third-order valence-corrected chi connectivity index (χ3v) is 4.40. The van der Waals surface area contributed by atoms with Crippen molar-refractivity contribution in [3.8, 4) is 17.3 Å². The highest BCUT2D eigenvalue weighted by atomic mass is 32.2. The molecule has 1 heterocycles. The van der Waals surface area contributed by atoms with Crippen molar-refractivity contribution in [1.82, 2.24) is 9.97 Å². The Labute approximate surface area is 152 Å². The molecule has 1 aromatic heterocycles. The van der Waals surface area contributed by atoms with E-state index < -0.39 is 0 Å². The number of rotatable bonds is 5. The molecule has 0 aliphatic carbocycles. The number of benzene rings is 2. The molecule has 1 N–H and O–H groups in total. The Morgan fingerprint density at radius 2 is 1.76 bits per heavy atom. The molecule has 0 fully saturated rings. The van der Waals surface area contributed by atoms with Gasteiger partial charge in [-0.15, -0.1) is 0 Å². The summed E-state index contributed by atoms with van der Waals surface area (Å²) in [6.07, 6.45) is 2.92. The molecule has 0 spiro atoms. The lowest BCUT2D eigenvalue weighted by Crippen LogP contribution is -2.03. The average molecular weight is 346 g/mol. The van der Waals surface area contributed by atoms with Gasteiger partial charge >= 0.3 is 0 Å². The molecule has 0 radical (unpaired) electrons. The molecule has 0 atom stereocenters. The second kappa shape index (κ2) is 7.82. The van der Waals surface area contributed by atoms with Crippen molar-refractivity contribution in [2.75, 3.05) is 11.6 Å². The second-order valence-corrected chi connectivity index (χ2v) is 6.21. The van der Waals surface area contributed by atoms with Crippen LogP contribution in [0.4, 0.5) is 11.5 Å². The van der Waals surface area contributed by atoms with Crippen LogP contribution in [0.3, 0.4) is 0 Å². The normalized spacial score (nSPS) is 10.3. The molecule has 0 bridgehead atoms. The van der Waals surface area contributed by atoms with Crippen LogP contribution in [-0.2, 0) is 6.42 Å². The van der Waals surface area contributed by atoms with Crippen LogP contribution in [0.1, 0.15) is 18.1 Å². The van der Waals surface area contributed by atoms with Gasteiger partial charge in [0.25, 0.3) is 0 Å². The van der Waals surface area contributed by atoms with Gasteiger partial charge in [0.15, 0.2) is 11.0 Å². The number of hydrogen-bond donors (Lipinski definition) is 1. The zero-order valence-electron chi connectivity index (χ0n) is 14.2. The molecule has 0 aliphatic heterocycles. The van der Waals surface area contributed by atoms with Crippen LogP contribution >= 0.6 is 11.8 Å². The van der Waals surface area contributed by atoms with Gasteiger partial charge in [0.1, 0.15) is 11.6 Å². The summed E-state index contributed by atoms with van der Waals surface area (Å²) in [6, 6.07) is 20.1. The molecule has 0 saturated carbocycles. The maximum Gasteiger partial charge on any atom is 0.189 e. The maximum absolute atomic E-state index is 9.71. The number of hydrogen-bond acceptors (Lipinski definition) is 5. The lowest BCUT2D eigenvalue weighted by atomic mass is 10.1. The van der Waals surface area contributed by atoms with Crippen molar-refractivity contribution in [3.63, 3.8) is 0 Å². The molecular formula is C20H18N4S. The van der Waals surface area contributed by atoms with E-state index in [9.17, 15) is 5.26 Å². The van der Waals surface area contributed by atoms with Gasteiger partial charge in [-0.1, -0.05) is 61.2 Å². The molecule has 25 heavy (non-hydrogen) atoms. The van der Waals surface area contributed by atoms with Gasteiger partial charge in [0.2, 0.25) is 0 Å². The summed E-state index contributed by atoms with van der Waals surface area (Å²) in [5, 5.41) is 13.6. The molecule has 4 nitrogen and oxygen atoms in total. The van der Waals surface area contributed by atoms with E-state index in [0.29, 0.717) is 22.2 Å². The summed E-state index contributed by atoms with van der Waals surface area (Å²) < 4.78 is 0. The first-order valence-corrected chi connectivity index (χ1v) is 9.25. The molecule has 0 amide bonds. The molecule has 0 aliphatic rings.